The van der Waals surface area contributed by atoms with Crippen LogP contribution in [0.25, 0.3) is 0 Å². The number of hydrogen-bond donors (Lipinski definition) is 1. The predicted octanol–water partition coefficient (Wildman–Crippen LogP) is -0.588. The van der Waals surface area contributed by atoms with Crippen molar-refractivity contribution in [3.05, 3.63) is 33.1 Å². The number of aryl methyl sites for hydroxylation is 2. The normalized spacial score (nSPS) is 10.2. The molecule has 82 valence electrons. The van der Waals surface area contributed by atoms with Gasteiger partial charge in [-0.1, -0.05) is 0 Å². The Morgan fingerprint density at radius 2 is 2.00 bits per heavy atom. The van der Waals surface area contributed by atoms with Crippen molar-refractivity contribution in [3.63, 3.8) is 0 Å². The predicted molar refractivity (Wildman–Crippen MR) is 52.8 cm³/mol. The Morgan fingerprint density at radius 1 is 1.33 bits per heavy atom. The van der Waals surface area contributed by atoms with E-state index in [-0.39, 0.29) is 13.0 Å². The fraction of sp³-hybridized carbons (Fsp3) is 0.444. The Bertz CT molecular complexity index is 472. The van der Waals surface area contributed by atoms with E-state index in [1.807, 2.05) is 0 Å². The number of carboxylic acids is 1. The summed E-state index contributed by atoms with van der Waals surface area (Å²) in [4.78, 5) is 32.8. The fourth-order valence-electron chi connectivity index (χ4n) is 1.17. The number of aromatic nitrogens is 2. The lowest BCUT2D eigenvalue weighted by molar-refractivity contribution is -0.137. The van der Waals surface area contributed by atoms with Crippen molar-refractivity contribution in [2.45, 2.75) is 19.4 Å². The summed E-state index contributed by atoms with van der Waals surface area (Å²) in [6.07, 6.45) is 3.28. The molecule has 0 atom stereocenters. The second kappa shape index (κ2) is 4.59. The fourth-order valence-corrected chi connectivity index (χ4v) is 1.17. The molecule has 0 spiro atoms. The molecule has 0 unspecified atom stereocenters. The van der Waals surface area contributed by atoms with Crippen molar-refractivity contribution in [3.8, 4) is 0 Å². The average Bonchev–Trinajstić information content (AvgIpc) is 2.18. The number of nitrogens with zero attached hydrogens (tertiary/aromatic N) is 2. The maximum Gasteiger partial charge on any atom is 0.316 e. The third kappa shape index (κ3) is 2.80. The van der Waals surface area contributed by atoms with Gasteiger partial charge in [-0.25, -0.2) is 0 Å². The van der Waals surface area contributed by atoms with Gasteiger partial charge in [0.25, 0.3) is 0 Å². The topological polar surface area (TPSA) is 81.3 Å². The molecule has 1 heterocycles. The highest BCUT2D eigenvalue weighted by molar-refractivity contribution is 5.66. The molecule has 0 amide bonds. The van der Waals surface area contributed by atoms with Gasteiger partial charge in [-0.2, -0.15) is 0 Å². The molecule has 0 radical (unpaired) electrons. The molecule has 0 saturated carbocycles. The molecule has 1 aromatic heterocycles. The van der Waals surface area contributed by atoms with Crippen LogP contribution in [-0.2, 0) is 18.4 Å². The van der Waals surface area contributed by atoms with Crippen LogP contribution in [0.3, 0.4) is 0 Å². The second-order valence-corrected chi connectivity index (χ2v) is 3.21. The van der Waals surface area contributed by atoms with Crippen LogP contribution in [0, 0.1) is 0 Å². The van der Waals surface area contributed by atoms with E-state index in [0.29, 0.717) is 6.42 Å². The maximum absolute atomic E-state index is 11.3. The van der Waals surface area contributed by atoms with Crippen LogP contribution >= 0.6 is 0 Å². The first-order valence-electron chi connectivity index (χ1n) is 4.50. The molecule has 0 saturated heterocycles. The van der Waals surface area contributed by atoms with Gasteiger partial charge in [0.2, 0.25) is 0 Å². The third-order valence-corrected chi connectivity index (χ3v) is 2.02. The minimum absolute atomic E-state index is 0.0123. The van der Waals surface area contributed by atoms with Crippen LogP contribution in [0.15, 0.2) is 22.0 Å². The van der Waals surface area contributed by atoms with Gasteiger partial charge in [0.1, 0.15) is 0 Å². The van der Waals surface area contributed by atoms with Crippen LogP contribution in [0.5, 0.6) is 0 Å². The van der Waals surface area contributed by atoms with Crippen molar-refractivity contribution in [2.75, 3.05) is 0 Å². The highest BCUT2D eigenvalue weighted by Gasteiger charge is 2.03. The Kier molecular flexibility index (Phi) is 3.43. The summed E-state index contributed by atoms with van der Waals surface area (Å²) in [5.41, 5.74) is -1.22. The largest absolute Gasteiger partial charge is 0.481 e. The zero-order valence-electron chi connectivity index (χ0n) is 8.34. The lowest BCUT2D eigenvalue weighted by Gasteiger charge is -2.04. The molecule has 15 heavy (non-hydrogen) atoms. The molecule has 0 aliphatic rings. The van der Waals surface area contributed by atoms with Crippen LogP contribution in [0.2, 0.25) is 0 Å². The molecular formula is C9H12N2O4. The second-order valence-electron chi connectivity index (χ2n) is 3.21. The van der Waals surface area contributed by atoms with Gasteiger partial charge in [-0.15, -0.1) is 0 Å². The van der Waals surface area contributed by atoms with Gasteiger partial charge in [0.15, 0.2) is 0 Å². The first-order chi connectivity index (χ1) is 7.02. The standard InChI is InChI=1S/C9H12N2O4/c1-10-5-6-11(9(15)8(10)14)4-2-3-7(12)13/h5-6H,2-4H2,1H3,(H,12,13). The third-order valence-electron chi connectivity index (χ3n) is 2.02. The molecule has 0 aliphatic heterocycles. The van der Waals surface area contributed by atoms with Crippen LogP contribution in [0.1, 0.15) is 12.8 Å². The molecule has 1 N–H and O–H groups in total. The molecule has 0 aliphatic carbocycles. The smallest absolute Gasteiger partial charge is 0.316 e. The van der Waals surface area contributed by atoms with Crippen molar-refractivity contribution < 1.29 is 9.90 Å². The lowest BCUT2D eigenvalue weighted by atomic mass is 10.3. The summed E-state index contributed by atoms with van der Waals surface area (Å²) in [6.45, 7) is 0.251. The monoisotopic (exact) mass is 212 g/mol. The molecule has 1 rings (SSSR count). The van der Waals surface area contributed by atoms with E-state index < -0.39 is 17.1 Å². The molecule has 6 nitrogen and oxygen atoms in total. The molecular weight excluding hydrogens is 200 g/mol. The summed E-state index contributed by atoms with van der Waals surface area (Å²) in [7, 11) is 1.49. The SMILES string of the molecule is Cn1ccn(CCCC(=O)O)c(=O)c1=O. The van der Waals surface area contributed by atoms with E-state index in [2.05, 4.69) is 0 Å². The summed E-state index contributed by atoms with van der Waals surface area (Å²) < 4.78 is 2.42. The Balaban J connectivity index is 2.80. The van der Waals surface area contributed by atoms with Gasteiger partial charge in [-0.3, -0.25) is 14.4 Å². The van der Waals surface area contributed by atoms with Crippen molar-refractivity contribution in [1.82, 2.24) is 9.13 Å². The van der Waals surface area contributed by atoms with Gasteiger partial charge in [0, 0.05) is 32.4 Å². The first-order valence-corrected chi connectivity index (χ1v) is 4.50. The van der Waals surface area contributed by atoms with Crippen molar-refractivity contribution in [2.24, 2.45) is 7.05 Å². The number of rotatable bonds is 4. The minimum atomic E-state index is -0.910. The average molecular weight is 212 g/mol. The van der Waals surface area contributed by atoms with E-state index in [1.54, 1.807) is 0 Å². The van der Waals surface area contributed by atoms with Gasteiger partial charge < -0.3 is 14.2 Å². The highest BCUT2D eigenvalue weighted by Crippen LogP contribution is 1.91. The summed E-state index contributed by atoms with van der Waals surface area (Å²) in [5.74, 6) is -0.910. The van der Waals surface area contributed by atoms with Crippen LogP contribution in [0.4, 0.5) is 0 Å². The van der Waals surface area contributed by atoms with Gasteiger partial charge in [-0.05, 0) is 6.42 Å². The first kappa shape index (κ1) is 11.2. The van der Waals surface area contributed by atoms with E-state index in [1.165, 1.54) is 28.6 Å². The number of aliphatic carboxylic acids is 1. The van der Waals surface area contributed by atoms with Gasteiger partial charge >= 0.3 is 17.1 Å². The lowest BCUT2D eigenvalue weighted by Crippen LogP contribution is -2.39. The van der Waals surface area contributed by atoms with Gasteiger partial charge in [0.05, 0.1) is 0 Å². The number of carbonyl (C=O) groups is 1. The summed E-state index contributed by atoms with van der Waals surface area (Å²) in [5, 5.41) is 8.41. The number of hydrogen-bond acceptors (Lipinski definition) is 3. The van der Waals surface area contributed by atoms with E-state index >= 15 is 0 Å². The van der Waals surface area contributed by atoms with Crippen LogP contribution < -0.4 is 11.1 Å². The molecule has 6 heteroatoms. The van der Waals surface area contributed by atoms with Crippen molar-refractivity contribution in [1.29, 1.82) is 0 Å². The van der Waals surface area contributed by atoms with E-state index in [0.717, 1.165) is 0 Å². The zero-order valence-corrected chi connectivity index (χ0v) is 8.34. The van der Waals surface area contributed by atoms with E-state index in [4.69, 9.17) is 5.11 Å². The Morgan fingerprint density at radius 3 is 2.60 bits per heavy atom. The van der Waals surface area contributed by atoms with E-state index in [9.17, 15) is 14.4 Å². The highest BCUT2D eigenvalue weighted by atomic mass is 16.4. The molecule has 0 fully saturated rings. The summed E-state index contributed by atoms with van der Waals surface area (Å²) in [6, 6.07) is 0. The Hall–Kier alpha value is -1.85. The minimum Gasteiger partial charge on any atom is -0.481 e. The molecule has 0 bridgehead atoms. The maximum atomic E-state index is 11.3. The number of carboxylic acid groups (broad SMARTS) is 1. The Labute approximate surface area is 85.4 Å². The zero-order chi connectivity index (χ0) is 11.4. The quantitative estimate of drug-likeness (QED) is 0.676. The molecule has 0 aromatic carbocycles. The summed E-state index contributed by atoms with van der Waals surface area (Å²) >= 11 is 0. The van der Waals surface area contributed by atoms with Crippen molar-refractivity contribution >= 4 is 5.97 Å². The molecule has 1 aromatic rings. The van der Waals surface area contributed by atoms with Crippen LogP contribution in [-0.4, -0.2) is 20.2 Å².